The first-order valence-corrected chi connectivity index (χ1v) is 1.97. The second-order valence-electron chi connectivity index (χ2n) is 0.471. The van der Waals surface area contributed by atoms with E-state index in [1.165, 1.54) is 0 Å². The average Bonchev–Trinajstić information content (AvgIpc) is 1.37. The Morgan fingerprint density at radius 3 is 2.00 bits per heavy atom. The van der Waals surface area contributed by atoms with E-state index < -0.39 is 0 Å². The molecule has 0 saturated heterocycles. The maximum atomic E-state index is 3.43. The Kier molecular flexibility index (Phi) is 3.25. The van der Waals surface area contributed by atoms with Crippen molar-refractivity contribution < 1.29 is 0 Å². The van der Waals surface area contributed by atoms with E-state index in [-0.39, 0.29) is 0 Å². The standard InChI is InChI=1S/C3H4.Al.H/c1-3-2;;/h1,3H,2H2;;. The van der Waals surface area contributed by atoms with Gasteiger partial charge in [-0.05, 0) is 0 Å². The van der Waals surface area contributed by atoms with Crippen LogP contribution in [0.15, 0.2) is 12.7 Å². The van der Waals surface area contributed by atoms with Crippen LogP contribution in [0.4, 0.5) is 0 Å². The topological polar surface area (TPSA) is 0 Å². The fourth-order valence-corrected chi connectivity index (χ4v) is 0. The zero-order valence-corrected chi connectivity index (χ0v) is 3.98. The summed E-state index contributed by atoms with van der Waals surface area (Å²) in [5, 5.41) is 0. The van der Waals surface area contributed by atoms with Gasteiger partial charge in [0.15, 0.2) is 0 Å². The van der Waals surface area contributed by atoms with Crippen molar-refractivity contribution in [2.75, 3.05) is 0 Å². The second-order valence-corrected chi connectivity index (χ2v) is 0.943. The van der Waals surface area contributed by atoms with Gasteiger partial charge in [0.2, 0.25) is 0 Å². The van der Waals surface area contributed by atoms with Gasteiger partial charge >= 0.3 is 33.4 Å². The van der Waals surface area contributed by atoms with Gasteiger partial charge in [-0.15, -0.1) is 0 Å². The third kappa shape index (κ3) is 2.14. The van der Waals surface area contributed by atoms with E-state index in [1.807, 2.05) is 4.88 Å². The summed E-state index contributed by atoms with van der Waals surface area (Å²) in [5.74, 6) is 0. The Bertz CT molecular complexity index is 24.3. The molecule has 0 heterocycles. The van der Waals surface area contributed by atoms with Crippen LogP contribution >= 0.6 is 0 Å². The summed E-state index contributed by atoms with van der Waals surface area (Å²) in [7, 11) is 0. The molecule has 0 amide bonds. The van der Waals surface area contributed by atoms with Crippen molar-refractivity contribution in [2.24, 2.45) is 0 Å². The molecular formula is C3H5Al. The molecule has 4 heavy (non-hydrogen) atoms. The molecule has 0 bridgehead atoms. The van der Waals surface area contributed by atoms with Crippen molar-refractivity contribution in [1.29, 1.82) is 0 Å². The monoisotopic (exact) mass is 68.0 g/mol. The molecule has 0 unspecified atom stereocenters. The van der Waals surface area contributed by atoms with Crippen LogP contribution in [0.5, 0.6) is 0 Å². The molecule has 0 aromatic heterocycles. The van der Waals surface area contributed by atoms with Crippen LogP contribution < -0.4 is 0 Å². The Hall–Kier alpha value is 0.142. The number of hydrogen-bond donors (Lipinski definition) is 0. The molecule has 0 nitrogen and oxygen atoms in total. The molecular weight excluding hydrogens is 63.0 g/mol. The predicted octanol–water partition coefficient (Wildman–Crippen LogP) is -0.125. The molecule has 0 spiro atoms. The number of hydrogen-bond acceptors (Lipinski definition) is 0. The van der Waals surface area contributed by atoms with Gasteiger partial charge in [0.1, 0.15) is 0 Å². The summed E-state index contributed by atoms with van der Waals surface area (Å²) in [6.07, 6.45) is 1.76. The van der Waals surface area contributed by atoms with E-state index in [0.717, 1.165) is 0 Å². The molecule has 0 fully saturated rings. The van der Waals surface area contributed by atoms with Crippen LogP contribution in [0.3, 0.4) is 0 Å². The van der Waals surface area contributed by atoms with Gasteiger partial charge in [-0.2, -0.15) is 0 Å². The average molecular weight is 68.1 g/mol. The summed E-state index contributed by atoms with van der Waals surface area (Å²) in [6.45, 7) is 3.43. The summed E-state index contributed by atoms with van der Waals surface area (Å²) in [5.41, 5.74) is 0. The van der Waals surface area contributed by atoms with Gasteiger partial charge in [-0.1, -0.05) is 0 Å². The predicted molar refractivity (Wildman–Crippen MR) is 23.4 cm³/mol. The maximum absolute atomic E-state index is 3.43. The van der Waals surface area contributed by atoms with Crippen LogP contribution in [-0.4, -0.2) is 20.7 Å². The Labute approximate surface area is 34.1 Å². The van der Waals surface area contributed by atoms with E-state index >= 15 is 0 Å². The molecule has 1 heteroatoms. The zero-order chi connectivity index (χ0) is 3.41. The van der Waals surface area contributed by atoms with Crippen LogP contribution in [0.25, 0.3) is 0 Å². The molecule has 0 saturated carbocycles. The second kappa shape index (κ2) is 3.14. The number of allylic oxidation sites excluding steroid dienone is 1. The molecule has 0 aliphatic carbocycles. The SMILES string of the molecule is C=C[CH]=[AlH]. The van der Waals surface area contributed by atoms with Crippen molar-refractivity contribution >= 4 is 20.7 Å². The Balaban J connectivity index is 2.73. The molecule has 0 radical (unpaired) electrons. The first-order chi connectivity index (χ1) is 1.91. The molecule has 0 atom stereocenters. The van der Waals surface area contributed by atoms with Crippen molar-refractivity contribution in [3.63, 3.8) is 0 Å². The van der Waals surface area contributed by atoms with Gasteiger partial charge < -0.3 is 0 Å². The van der Waals surface area contributed by atoms with Gasteiger partial charge in [0, 0.05) is 0 Å². The first-order valence-electron chi connectivity index (χ1n) is 1.15. The normalized spacial score (nSPS) is 4.75. The Morgan fingerprint density at radius 1 is 1.75 bits per heavy atom. The van der Waals surface area contributed by atoms with Crippen molar-refractivity contribution in [3.05, 3.63) is 12.7 Å². The molecule has 0 aromatic carbocycles. The van der Waals surface area contributed by atoms with Crippen LogP contribution in [-0.2, 0) is 0 Å². The minimum atomic E-state index is 1.76. The van der Waals surface area contributed by atoms with E-state index in [9.17, 15) is 0 Å². The van der Waals surface area contributed by atoms with Crippen molar-refractivity contribution in [1.82, 2.24) is 0 Å². The summed E-state index contributed by atoms with van der Waals surface area (Å²) in [6, 6.07) is 0. The minimum absolute atomic E-state index is 1.76. The van der Waals surface area contributed by atoms with Gasteiger partial charge in [-0.25, -0.2) is 0 Å². The third-order valence-electron chi connectivity index (χ3n) is 0.167. The van der Waals surface area contributed by atoms with Crippen LogP contribution in [0, 0.1) is 0 Å². The van der Waals surface area contributed by atoms with E-state index in [1.54, 1.807) is 21.9 Å². The van der Waals surface area contributed by atoms with E-state index in [4.69, 9.17) is 0 Å². The summed E-state index contributed by atoms with van der Waals surface area (Å²) >= 11 is 1.78. The van der Waals surface area contributed by atoms with E-state index in [2.05, 4.69) is 6.58 Å². The van der Waals surface area contributed by atoms with Gasteiger partial charge in [0.25, 0.3) is 0 Å². The first kappa shape index (κ1) is 4.14. The van der Waals surface area contributed by atoms with Crippen LogP contribution in [0.2, 0.25) is 0 Å². The molecule has 0 rings (SSSR count). The van der Waals surface area contributed by atoms with Crippen molar-refractivity contribution in [2.45, 2.75) is 0 Å². The third-order valence-corrected chi connectivity index (χ3v) is 0.500. The van der Waals surface area contributed by atoms with Crippen molar-refractivity contribution in [3.8, 4) is 0 Å². The Morgan fingerprint density at radius 2 is 2.00 bits per heavy atom. The fraction of sp³-hybridized carbons (Fsp3) is 0. The molecule has 0 aromatic rings. The van der Waals surface area contributed by atoms with Gasteiger partial charge in [0.05, 0.1) is 0 Å². The summed E-state index contributed by atoms with van der Waals surface area (Å²) in [4.78, 5) is 1.92. The van der Waals surface area contributed by atoms with Gasteiger partial charge in [-0.3, -0.25) is 0 Å². The zero-order valence-electron chi connectivity index (χ0n) is 2.57. The van der Waals surface area contributed by atoms with Crippen LogP contribution in [0.1, 0.15) is 0 Å². The molecule has 0 N–H and O–H groups in total. The van der Waals surface area contributed by atoms with E-state index in [0.29, 0.717) is 0 Å². The molecule has 0 aliphatic heterocycles. The quantitative estimate of drug-likeness (QED) is 0.376. The fourth-order valence-electron chi connectivity index (χ4n) is 0. The summed E-state index contributed by atoms with van der Waals surface area (Å²) < 4.78 is 0. The number of rotatable bonds is 1. The molecule has 0 aliphatic rings. The molecule has 20 valence electrons.